The van der Waals surface area contributed by atoms with Crippen LogP contribution in [0.5, 0.6) is 0 Å². The standard InChI is InChI=1S/C11H24N4O/c1-9(7-11(12)14-16)13-8-10(2)15-5-3-4-6-15/h9-10,13,16H,3-8H2,1-2H3,(H2,12,14). The van der Waals surface area contributed by atoms with Gasteiger partial charge in [-0.3, -0.25) is 4.90 Å². The van der Waals surface area contributed by atoms with Crippen molar-refractivity contribution in [3.8, 4) is 0 Å². The van der Waals surface area contributed by atoms with Crippen molar-refractivity contribution in [2.45, 2.75) is 45.2 Å². The molecule has 0 bridgehead atoms. The zero-order valence-corrected chi connectivity index (χ0v) is 10.3. The van der Waals surface area contributed by atoms with Gasteiger partial charge in [-0.25, -0.2) is 0 Å². The first-order chi connectivity index (χ1) is 7.63. The van der Waals surface area contributed by atoms with E-state index < -0.39 is 0 Å². The van der Waals surface area contributed by atoms with Gasteiger partial charge in [0, 0.05) is 25.0 Å². The van der Waals surface area contributed by atoms with E-state index in [0.717, 1.165) is 6.54 Å². The third-order valence-corrected chi connectivity index (χ3v) is 3.17. The molecule has 0 amide bonds. The van der Waals surface area contributed by atoms with Crippen LogP contribution in [0, 0.1) is 0 Å². The average molecular weight is 228 g/mol. The molecule has 0 aromatic rings. The van der Waals surface area contributed by atoms with Crippen LogP contribution >= 0.6 is 0 Å². The summed E-state index contributed by atoms with van der Waals surface area (Å²) in [7, 11) is 0. The van der Waals surface area contributed by atoms with Gasteiger partial charge in [0.25, 0.3) is 0 Å². The fraction of sp³-hybridized carbons (Fsp3) is 0.909. The number of nitrogens with zero attached hydrogens (tertiary/aromatic N) is 2. The topological polar surface area (TPSA) is 73.9 Å². The second-order valence-electron chi connectivity index (χ2n) is 4.70. The molecule has 94 valence electrons. The second-order valence-corrected chi connectivity index (χ2v) is 4.70. The first-order valence-corrected chi connectivity index (χ1v) is 6.07. The van der Waals surface area contributed by atoms with E-state index in [0.29, 0.717) is 12.5 Å². The van der Waals surface area contributed by atoms with E-state index in [-0.39, 0.29) is 11.9 Å². The van der Waals surface area contributed by atoms with Crippen LogP contribution in [0.4, 0.5) is 0 Å². The van der Waals surface area contributed by atoms with Gasteiger partial charge in [-0.15, -0.1) is 0 Å². The quantitative estimate of drug-likeness (QED) is 0.269. The largest absolute Gasteiger partial charge is 0.409 e. The van der Waals surface area contributed by atoms with Gasteiger partial charge >= 0.3 is 0 Å². The third-order valence-electron chi connectivity index (χ3n) is 3.17. The van der Waals surface area contributed by atoms with Gasteiger partial charge in [0.2, 0.25) is 0 Å². The Morgan fingerprint density at radius 2 is 2.06 bits per heavy atom. The molecule has 5 heteroatoms. The molecule has 0 radical (unpaired) electrons. The summed E-state index contributed by atoms with van der Waals surface area (Å²) in [5.41, 5.74) is 5.45. The minimum Gasteiger partial charge on any atom is -0.409 e. The highest BCUT2D eigenvalue weighted by Gasteiger charge is 2.18. The third kappa shape index (κ3) is 4.37. The van der Waals surface area contributed by atoms with Gasteiger partial charge in [0.1, 0.15) is 5.84 Å². The summed E-state index contributed by atoms with van der Waals surface area (Å²) < 4.78 is 0. The maximum atomic E-state index is 8.46. The number of amidine groups is 1. The Morgan fingerprint density at radius 3 is 2.62 bits per heavy atom. The van der Waals surface area contributed by atoms with Crippen LogP contribution in [0.2, 0.25) is 0 Å². The molecular weight excluding hydrogens is 204 g/mol. The van der Waals surface area contributed by atoms with Crippen molar-refractivity contribution in [3.63, 3.8) is 0 Å². The molecular formula is C11H24N4O. The molecule has 2 atom stereocenters. The lowest BCUT2D eigenvalue weighted by Crippen LogP contribution is -2.42. The summed E-state index contributed by atoms with van der Waals surface area (Å²) in [6, 6.07) is 0.818. The van der Waals surface area contributed by atoms with Crippen molar-refractivity contribution >= 4 is 5.84 Å². The molecule has 4 N–H and O–H groups in total. The Kier molecular flexibility index (Phi) is 5.55. The maximum absolute atomic E-state index is 8.46. The van der Waals surface area contributed by atoms with Crippen molar-refractivity contribution < 1.29 is 5.21 Å². The predicted molar refractivity (Wildman–Crippen MR) is 65.8 cm³/mol. The zero-order valence-electron chi connectivity index (χ0n) is 10.3. The minimum absolute atomic E-state index is 0.251. The molecule has 0 aliphatic carbocycles. The van der Waals surface area contributed by atoms with Crippen LogP contribution in [0.3, 0.4) is 0 Å². The highest BCUT2D eigenvalue weighted by molar-refractivity contribution is 5.80. The van der Waals surface area contributed by atoms with Crippen molar-refractivity contribution in [2.24, 2.45) is 10.9 Å². The Balaban J connectivity index is 2.17. The highest BCUT2D eigenvalue weighted by atomic mass is 16.4. The lowest BCUT2D eigenvalue weighted by atomic mass is 10.2. The molecule has 1 aliphatic rings. The molecule has 0 aromatic carbocycles. The summed E-state index contributed by atoms with van der Waals surface area (Å²) in [5.74, 6) is 0.286. The van der Waals surface area contributed by atoms with Gasteiger partial charge < -0.3 is 16.3 Å². The lowest BCUT2D eigenvalue weighted by molar-refractivity contribution is 0.247. The van der Waals surface area contributed by atoms with Gasteiger partial charge in [-0.1, -0.05) is 5.16 Å². The summed E-state index contributed by atoms with van der Waals surface area (Å²) in [5, 5.41) is 14.8. The van der Waals surface area contributed by atoms with E-state index in [9.17, 15) is 0 Å². The summed E-state index contributed by atoms with van der Waals surface area (Å²) in [6.07, 6.45) is 3.23. The summed E-state index contributed by atoms with van der Waals surface area (Å²) in [6.45, 7) is 7.69. The molecule has 1 rings (SSSR count). The van der Waals surface area contributed by atoms with E-state index in [1.54, 1.807) is 0 Å². The number of oxime groups is 1. The Morgan fingerprint density at radius 1 is 1.44 bits per heavy atom. The Hall–Kier alpha value is -0.810. The van der Waals surface area contributed by atoms with Crippen LogP contribution in [-0.4, -0.2) is 47.7 Å². The predicted octanol–water partition coefficient (Wildman–Crippen LogP) is 0.585. The normalized spacial score (nSPS) is 22.2. The van der Waals surface area contributed by atoms with Crippen LogP contribution in [-0.2, 0) is 0 Å². The van der Waals surface area contributed by atoms with Crippen molar-refractivity contribution in [3.05, 3.63) is 0 Å². The van der Waals surface area contributed by atoms with Crippen molar-refractivity contribution in [1.82, 2.24) is 10.2 Å². The van der Waals surface area contributed by atoms with Crippen LogP contribution < -0.4 is 11.1 Å². The molecule has 1 heterocycles. The van der Waals surface area contributed by atoms with Gasteiger partial charge in [-0.05, 0) is 39.8 Å². The van der Waals surface area contributed by atoms with Crippen LogP contribution in [0.25, 0.3) is 0 Å². The summed E-state index contributed by atoms with van der Waals surface area (Å²) in [4.78, 5) is 2.50. The molecule has 0 saturated carbocycles. The number of likely N-dealkylation sites (tertiary alicyclic amines) is 1. The smallest absolute Gasteiger partial charge is 0.140 e. The molecule has 0 aromatic heterocycles. The van der Waals surface area contributed by atoms with Crippen molar-refractivity contribution in [2.75, 3.05) is 19.6 Å². The van der Waals surface area contributed by atoms with Gasteiger partial charge in [0.05, 0.1) is 0 Å². The summed E-state index contributed by atoms with van der Waals surface area (Å²) >= 11 is 0. The Bertz CT molecular complexity index is 226. The molecule has 16 heavy (non-hydrogen) atoms. The van der Waals surface area contributed by atoms with Crippen LogP contribution in [0.1, 0.15) is 33.1 Å². The minimum atomic E-state index is 0.251. The number of nitrogens with two attached hydrogens (primary N) is 1. The van der Waals surface area contributed by atoms with E-state index in [4.69, 9.17) is 10.9 Å². The van der Waals surface area contributed by atoms with E-state index in [2.05, 4.69) is 29.2 Å². The van der Waals surface area contributed by atoms with E-state index in [1.807, 2.05) is 0 Å². The number of hydrogen-bond donors (Lipinski definition) is 3. The SMILES string of the molecule is CC(CC(N)=NO)NCC(C)N1CCCC1. The van der Waals surface area contributed by atoms with E-state index in [1.165, 1.54) is 25.9 Å². The van der Waals surface area contributed by atoms with Gasteiger partial charge in [-0.2, -0.15) is 0 Å². The second kappa shape index (κ2) is 6.70. The number of hydrogen-bond acceptors (Lipinski definition) is 4. The maximum Gasteiger partial charge on any atom is 0.140 e. The average Bonchev–Trinajstić information content (AvgIpc) is 2.79. The van der Waals surface area contributed by atoms with Crippen LogP contribution in [0.15, 0.2) is 5.16 Å². The first-order valence-electron chi connectivity index (χ1n) is 6.07. The Labute approximate surface area is 97.7 Å². The zero-order chi connectivity index (χ0) is 12.0. The van der Waals surface area contributed by atoms with E-state index >= 15 is 0 Å². The molecule has 1 aliphatic heterocycles. The highest BCUT2D eigenvalue weighted by Crippen LogP contribution is 2.10. The molecule has 0 spiro atoms. The van der Waals surface area contributed by atoms with Crippen molar-refractivity contribution in [1.29, 1.82) is 0 Å². The lowest BCUT2D eigenvalue weighted by Gasteiger charge is -2.25. The molecule has 1 fully saturated rings. The first kappa shape index (κ1) is 13.3. The molecule has 5 nitrogen and oxygen atoms in total. The van der Waals surface area contributed by atoms with Gasteiger partial charge in [0.15, 0.2) is 0 Å². The number of rotatable bonds is 6. The fourth-order valence-electron chi connectivity index (χ4n) is 2.11. The molecule has 1 saturated heterocycles. The fourth-order valence-corrected chi connectivity index (χ4v) is 2.11. The number of nitrogens with one attached hydrogen (secondary N) is 1. The molecule has 2 unspecified atom stereocenters. The monoisotopic (exact) mass is 228 g/mol.